The third kappa shape index (κ3) is 3.73. The summed E-state index contributed by atoms with van der Waals surface area (Å²) < 4.78 is 0. The number of carbonyl (C=O) groups excluding carboxylic acids is 1. The largest absolute Gasteiger partial charge is 0.480 e. The lowest BCUT2D eigenvalue weighted by Crippen LogP contribution is -2.50. The molecule has 1 unspecified atom stereocenters. The molecule has 19 heavy (non-hydrogen) atoms. The van der Waals surface area contributed by atoms with Gasteiger partial charge in [-0.3, -0.25) is 4.79 Å². The Balaban J connectivity index is 1.93. The van der Waals surface area contributed by atoms with E-state index in [-0.39, 0.29) is 5.91 Å². The molecule has 1 saturated heterocycles. The van der Waals surface area contributed by atoms with E-state index in [4.69, 9.17) is 5.11 Å². The van der Waals surface area contributed by atoms with Crippen LogP contribution >= 0.6 is 11.8 Å². The van der Waals surface area contributed by atoms with E-state index >= 15 is 0 Å². The van der Waals surface area contributed by atoms with Crippen molar-refractivity contribution < 1.29 is 14.7 Å². The van der Waals surface area contributed by atoms with Crippen molar-refractivity contribution in [3.05, 3.63) is 35.9 Å². The molecule has 102 valence electrons. The van der Waals surface area contributed by atoms with Crippen LogP contribution in [0.3, 0.4) is 0 Å². The Morgan fingerprint density at radius 1 is 1.32 bits per heavy atom. The number of carboxylic acid groups (broad SMARTS) is 1. The summed E-state index contributed by atoms with van der Waals surface area (Å²) in [7, 11) is 0. The highest BCUT2D eigenvalue weighted by molar-refractivity contribution is 7.99. The van der Waals surface area contributed by atoms with Gasteiger partial charge in [-0.2, -0.15) is 11.8 Å². The number of carbonyl (C=O) groups is 2. The summed E-state index contributed by atoms with van der Waals surface area (Å²) >= 11 is 1.59. The lowest BCUT2D eigenvalue weighted by atomic mass is 10.1. The third-order valence-corrected chi connectivity index (χ3v) is 4.23. The van der Waals surface area contributed by atoms with Crippen molar-refractivity contribution in [3.8, 4) is 0 Å². The minimum Gasteiger partial charge on any atom is -0.480 e. The number of hydrogen-bond donors (Lipinski definition) is 1. The van der Waals surface area contributed by atoms with Gasteiger partial charge in [-0.1, -0.05) is 30.3 Å². The van der Waals surface area contributed by atoms with Crippen LogP contribution in [0.5, 0.6) is 0 Å². The molecule has 0 aliphatic carbocycles. The van der Waals surface area contributed by atoms with Crippen molar-refractivity contribution in [1.82, 2.24) is 4.90 Å². The fraction of sp³-hybridized carbons (Fsp3) is 0.429. The maximum absolute atomic E-state index is 12.1. The van der Waals surface area contributed by atoms with Crippen LogP contribution in [0.4, 0.5) is 0 Å². The van der Waals surface area contributed by atoms with E-state index in [9.17, 15) is 9.59 Å². The molecule has 4 nitrogen and oxygen atoms in total. The molecule has 1 fully saturated rings. The summed E-state index contributed by atoms with van der Waals surface area (Å²) in [5, 5.41) is 9.14. The molecule has 1 aromatic rings. The molecule has 5 heteroatoms. The van der Waals surface area contributed by atoms with Gasteiger partial charge in [0.1, 0.15) is 6.04 Å². The molecule has 0 radical (unpaired) electrons. The second-order valence-corrected chi connectivity index (χ2v) is 5.65. The average molecular weight is 279 g/mol. The van der Waals surface area contributed by atoms with Gasteiger partial charge in [-0.25, -0.2) is 4.79 Å². The van der Waals surface area contributed by atoms with E-state index in [0.717, 1.165) is 11.3 Å². The predicted molar refractivity (Wildman–Crippen MR) is 75.2 cm³/mol. The first-order valence-electron chi connectivity index (χ1n) is 6.32. The van der Waals surface area contributed by atoms with Crippen molar-refractivity contribution in [1.29, 1.82) is 0 Å². The van der Waals surface area contributed by atoms with Crippen molar-refractivity contribution in [2.45, 2.75) is 18.9 Å². The number of amides is 1. The number of carboxylic acids is 1. The zero-order valence-corrected chi connectivity index (χ0v) is 11.4. The van der Waals surface area contributed by atoms with E-state index < -0.39 is 12.0 Å². The van der Waals surface area contributed by atoms with Gasteiger partial charge in [0.25, 0.3) is 0 Å². The Hall–Kier alpha value is -1.49. The molecule has 1 heterocycles. The van der Waals surface area contributed by atoms with Crippen LogP contribution < -0.4 is 0 Å². The van der Waals surface area contributed by atoms with Gasteiger partial charge in [0.05, 0.1) is 0 Å². The SMILES string of the molecule is O=C(O)C1CSCCN1C(=O)CCc1ccccc1. The van der Waals surface area contributed by atoms with Gasteiger partial charge in [-0.05, 0) is 12.0 Å². The van der Waals surface area contributed by atoms with Crippen LogP contribution in [0, 0.1) is 0 Å². The molecule has 1 atom stereocenters. The normalized spacial score (nSPS) is 19.2. The Bertz CT molecular complexity index is 449. The summed E-state index contributed by atoms with van der Waals surface area (Å²) in [6.07, 6.45) is 1.04. The fourth-order valence-corrected chi connectivity index (χ4v) is 3.18. The Labute approximate surface area is 116 Å². The number of aliphatic carboxylic acids is 1. The molecule has 1 aliphatic rings. The molecule has 1 N–H and O–H groups in total. The van der Waals surface area contributed by atoms with Crippen molar-refractivity contribution in [2.75, 3.05) is 18.1 Å². The topological polar surface area (TPSA) is 57.6 Å². The quantitative estimate of drug-likeness (QED) is 0.910. The first-order chi connectivity index (χ1) is 9.18. The lowest BCUT2D eigenvalue weighted by Gasteiger charge is -2.32. The first-order valence-corrected chi connectivity index (χ1v) is 7.48. The second-order valence-electron chi connectivity index (χ2n) is 4.50. The van der Waals surface area contributed by atoms with E-state index in [1.807, 2.05) is 30.3 Å². The minimum absolute atomic E-state index is 0.0587. The van der Waals surface area contributed by atoms with Gasteiger partial charge in [0.15, 0.2) is 0 Å². The highest BCUT2D eigenvalue weighted by Gasteiger charge is 2.31. The van der Waals surface area contributed by atoms with Crippen LogP contribution in [0.2, 0.25) is 0 Å². The van der Waals surface area contributed by atoms with Gasteiger partial charge >= 0.3 is 5.97 Å². The smallest absolute Gasteiger partial charge is 0.327 e. The summed E-state index contributed by atoms with van der Waals surface area (Å²) in [6.45, 7) is 0.537. The third-order valence-electron chi connectivity index (χ3n) is 3.20. The van der Waals surface area contributed by atoms with Crippen molar-refractivity contribution >= 4 is 23.6 Å². The summed E-state index contributed by atoms with van der Waals surface area (Å²) in [5.41, 5.74) is 1.11. The van der Waals surface area contributed by atoms with Crippen molar-refractivity contribution in [2.24, 2.45) is 0 Å². The number of nitrogens with zero attached hydrogens (tertiary/aromatic N) is 1. The second kappa shape index (κ2) is 6.61. The van der Waals surface area contributed by atoms with Gasteiger partial charge in [-0.15, -0.1) is 0 Å². The zero-order chi connectivity index (χ0) is 13.7. The molecular weight excluding hydrogens is 262 g/mol. The van der Waals surface area contributed by atoms with E-state index in [2.05, 4.69) is 0 Å². The monoisotopic (exact) mass is 279 g/mol. The number of thioether (sulfide) groups is 1. The fourth-order valence-electron chi connectivity index (χ4n) is 2.15. The van der Waals surface area contributed by atoms with Gasteiger partial charge in [0, 0.05) is 24.5 Å². The first kappa shape index (κ1) is 13.9. The molecule has 2 rings (SSSR count). The molecule has 1 amide bonds. The maximum Gasteiger partial charge on any atom is 0.327 e. The summed E-state index contributed by atoms with van der Waals surface area (Å²) in [4.78, 5) is 24.8. The van der Waals surface area contributed by atoms with Crippen molar-refractivity contribution in [3.63, 3.8) is 0 Å². The van der Waals surface area contributed by atoms with Crippen LogP contribution in [0.1, 0.15) is 12.0 Å². The van der Waals surface area contributed by atoms with Gasteiger partial charge in [0.2, 0.25) is 5.91 Å². The van der Waals surface area contributed by atoms with Crippen LogP contribution in [0.25, 0.3) is 0 Å². The van der Waals surface area contributed by atoms with Crippen LogP contribution in [-0.4, -0.2) is 46.0 Å². The number of benzene rings is 1. The standard InChI is InChI=1S/C14H17NO3S/c16-13(7-6-11-4-2-1-3-5-11)15-8-9-19-10-12(15)14(17)18/h1-5,12H,6-10H2,(H,17,18). The average Bonchev–Trinajstić information content (AvgIpc) is 2.46. The Morgan fingerprint density at radius 3 is 2.74 bits per heavy atom. The van der Waals surface area contributed by atoms with E-state index in [1.165, 1.54) is 4.90 Å². The molecule has 0 saturated carbocycles. The predicted octanol–water partition coefficient (Wildman–Crippen LogP) is 1.65. The van der Waals surface area contributed by atoms with Crippen LogP contribution in [0.15, 0.2) is 30.3 Å². The molecule has 1 aromatic carbocycles. The Morgan fingerprint density at radius 2 is 2.05 bits per heavy atom. The number of hydrogen-bond acceptors (Lipinski definition) is 3. The Kier molecular flexibility index (Phi) is 4.85. The van der Waals surface area contributed by atoms with E-state index in [1.54, 1.807) is 11.8 Å². The lowest BCUT2D eigenvalue weighted by molar-refractivity contribution is -0.149. The summed E-state index contributed by atoms with van der Waals surface area (Å²) in [6, 6.07) is 9.12. The number of aryl methyl sites for hydroxylation is 1. The van der Waals surface area contributed by atoms with Gasteiger partial charge < -0.3 is 10.0 Å². The number of rotatable bonds is 4. The van der Waals surface area contributed by atoms with Crippen LogP contribution in [-0.2, 0) is 16.0 Å². The molecular formula is C14H17NO3S. The minimum atomic E-state index is -0.903. The highest BCUT2D eigenvalue weighted by Crippen LogP contribution is 2.18. The molecule has 1 aliphatic heterocycles. The maximum atomic E-state index is 12.1. The molecule has 0 aromatic heterocycles. The van der Waals surface area contributed by atoms with E-state index in [0.29, 0.717) is 25.1 Å². The summed E-state index contributed by atoms with van der Waals surface area (Å²) in [5.74, 6) is 0.351. The molecule has 0 bridgehead atoms. The zero-order valence-electron chi connectivity index (χ0n) is 10.6. The highest BCUT2D eigenvalue weighted by atomic mass is 32.2. The molecule has 0 spiro atoms.